The molecule has 0 atom stereocenters. The van der Waals surface area contributed by atoms with Crippen molar-refractivity contribution in [2.45, 2.75) is 24.2 Å². The molecule has 9 heteroatoms. The smallest absolute Gasteiger partial charge is 0.394 e. The van der Waals surface area contributed by atoms with Gasteiger partial charge in [0.15, 0.2) is 0 Å². The normalized spacial score (nSPS) is 12.2. The molecule has 0 aliphatic carbocycles. The largest absolute Gasteiger partial charge is 0.416 e. The number of sulfonamides is 1. The Morgan fingerprint density at radius 2 is 1.45 bits per heavy atom. The lowest BCUT2D eigenvalue weighted by Crippen LogP contribution is -2.35. The second kappa shape index (κ2) is 10.4. The summed E-state index contributed by atoms with van der Waals surface area (Å²) in [5, 5.41) is 9.56. The van der Waals surface area contributed by atoms with E-state index in [4.69, 9.17) is 0 Å². The van der Waals surface area contributed by atoms with Crippen molar-refractivity contribution in [1.29, 1.82) is 0 Å². The maximum absolute atomic E-state index is 13.3. The monoisotopic (exact) mass is 478 g/mol. The molecule has 0 aromatic heterocycles. The second-order valence-corrected chi connectivity index (χ2v) is 9.47. The van der Waals surface area contributed by atoms with Crippen LogP contribution in [-0.4, -0.2) is 38.6 Å². The summed E-state index contributed by atoms with van der Waals surface area (Å²) in [6.07, 6.45) is -4.57. The van der Waals surface area contributed by atoms with E-state index in [-0.39, 0.29) is 11.4 Å². The third kappa shape index (κ3) is 6.13. The molecule has 0 unspecified atom stereocenters. The zero-order valence-electron chi connectivity index (χ0n) is 18.0. The molecule has 0 saturated heterocycles. The van der Waals surface area contributed by atoms with Crippen molar-refractivity contribution in [1.82, 2.24) is 4.90 Å². The van der Waals surface area contributed by atoms with E-state index < -0.39 is 28.4 Å². The SMILES string of the molecule is CN(Cc1ccccc1)Cc1ccccc1N(CCO)S(=O)(=O)c1ccc(C(F)(F)F)cc1. The van der Waals surface area contributed by atoms with Crippen LogP contribution in [0.1, 0.15) is 16.7 Å². The maximum atomic E-state index is 13.3. The zero-order valence-corrected chi connectivity index (χ0v) is 18.9. The summed E-state index contributed by atoms with van der Waals surface area (Å²) in [5.74, 6) is 0. The Bertz CT molecular complexity index is 1150. The van der Waals surface area contributed by atoms with Gasteiger partial charge in [0.2, 0.25) is 0 Å². The molecule has 0 fully saturated rings. The lowest BCUT2D eigenvalue weighted by atomic mass is 10.1. The minimum Gasteiger partial charge on any atom is -0.394 e. The molecule has 0 heterocycles. The average molecular weight is 479 g/mol. The summed E-state index contributed by atoms with van der Waals surface area (Å²) >= 11 is 0. The van der Waals surface area contributed by atoms with Crippen LogP contribution < -0.4 is 4.31 Å². The summed E-state index contributed by atoms with van der Waals surface area (Å²) in [5.41, 5.74) is 1.24. The van der Waals surface area contributed by atoms with Crippen LogP contribution in [0.3, 0.4) is 0 Å². The minimum atomic E-state index is -4.57. The van der Waals surface area contributed by atoms with Crippen molar-refractivity contribution in [2.75, 3.05) is 24.5 Å². The number of hydrogen-bond acceptors (Lipinski definition) is 4. The van der Waals surface area contributed by atoms with Crippen molar-refractivity contribution < 1.29 is 26.7 Å². The quantitative estimate of drug-likeness (QED) is 0.491. The van der Waals surface area contributed by atoms with Gasteiger partial charge in [0, 0.05) is 13.1 Å². The van der Waals surface area contributed by atoms with Crippen molar-refractivity contribution in [3.8, 4) is 0 Å². The van der Waals surface area contributed by atoms with Gasteiger partial charge < -0.3 is 5.11 Å². The summed E-state index contributed by atoms with van der Waals surface area (Å²) < 4.78 is 66.4. The average Bonchev–Trinajstić information content (AvgIpc) is 2.78. The van der Waals surface area contributed by atoms with E-state index in [1.165, 1.54) is 0 Å². The first-order chi connectivity index (χ1) is 15.6. The Kier molecular flexibility index (Phi) is 7.78. The summed E-state index contributed by atoms with van der Waals surface area (Å²) in [7, 11) is -2.30. The maximum Gasteiger partial charge on any atom is 0.416 e. The van der Waals surface area contributed by atoms with Crippen molar-refractivity contribution in [2.24, 2.45) is 0 Å². The van der Waals surface area contributed by atoms with E-state index in [0.717, 1.165) is 34.1 Å². The van der Waals surface area contributed by atoms with E-state index in [0.29, 0.717) is 24.3 Å². The fourth-order valence-electron chi connectivity index (χ4n) is 3.53. The third-order valence-corrected chi connectivity index (χ3v) is 6.90. The first-order valence-electron chi connectivity index (χ1n) is 10.2. The number of halogens is 3. The van der Waals surface area contributed by atoms with Crippen LogP contribution in [-0.2, 0) is 29.3 Å². The minimum absolute atomic E-state index is 0.233. The number of alkyl halides is 3. The van der Waals surface area contributed by atoms with Gasteiger partial charge in [0.25, 0.3) is 10.0 Å². The molecule has 33 heavy (non-hydrogen) atoms. The van der Waals surface area contributed by atoms with Gasteiger partial charge in [-0.15, -0.1) is 0 Å². The molecule has 1 N–H and O–H groups in total. The fourth-order valence-corrected chi connectivity index (χ4v) is 5.03. The van der Waals surface area contributed by atoms with Crippen LogP contribution in [0.5, 0.6) is 0 Å². The number of hydrogen-bond donors (Lipinski definition) is 1. The number of nitrogens with zero attached hydrogens (tertiary/aromatic N) is 2. The van der Waals surface area contributed by atoms with Crippen LogP contribution in [0, 0.1) is 0 Å². The molecule has 0 spiro atoms. The Balaban J connectivity index is 1.91. The van der Waals surface area contributed by atoms with Gasteiger partial charge in [0.05, 0.1) is 29.3 Å². The van der Waals surface area contributed by atoms with Crippen LogP contribution in [0.15, 0.2) is 83.8 Å². The lowest BCUT2D eigenvalue weighted by Gasteiger charge is -2.27. The van der Waals surface area contributed by atoms with E-state index in [1.54, 1.807) is 24.3 Å². The number of aliphatic hydroxyl groups excluding tert-OH is 1. The van der Waals surface area contributed by atoms with Crippen molar-refractivity contribution in [3.63, 3.8) is 0 Å². The van der Waals surface area contributed by atoms with Gasteiger partial charge in [-0.1, -0.05) is 48.5 Å². The van der Waals surface area contributed by atoms with Gasteiger partial charge >= 0.3 is 6.18 Å². The van der Waals surface area contributed by atoms with Gasteiger partial charge in [-0.05, 0) is 48.5 Å². The molecule has 0 aliphatic rings. The molecule has 0 bridgehead atoms. The molecule has 0 aliphatic heterocycles. The standard InChI is InChI=1S/C24H25F3N2O3S/c1-28(17-19-7-3-2-4-8-19)18-20-9-5-6-10-23(20)29(15-16-30)33(31,32)22-13-11-21(12-14-22)24(25,26)27/h2-14,30H,15-18H2,1H3. The highest BCUT2D eigenvalue weighted by atomic mass is 32.2. The Labute approximate surface area is 191 Å². The van der Waals surface area contributed by atoms with E-state index in [1.807, 2.05) is 42.3 Å². The molecule has 3 aromatic carbocycles. The second-order valence-electron chi connectivity index (χ2n) is 7.61. The van der Waals surface area contributed by atoms with Gasteiger partial charge in [0.1, 0.15) is 0 Å². The molecular weight excluding hydrogens is 453 g/mol. The topological polar surface area (TPSA) is 60.9 Å². The van der Waals surface area contributed by atoms with Crippen molar-refractivity contribution >= 4 is 15.7 Å². The Morgan fingerprint density at radius 3 is 2.06 bits per heavy atom. The summed E-state index contributed by atoms with van der Waals surface area (Å²) in [6, 6.07) is 20.1. The summed E-state index contributed by atoms with van der Waals surface area (Å²) in [4.78, 5) is 1.74. The molecule has 3 aromatic rings. The zero-order chi connectivity index (χ0) is 24.1. The molecule has 176 valence electrons. The molecule has 0 saturated carbocycles. The van der Waals surface area contributed by atoms with E-state index >= 15 is 0 Å². The highest BCUT2D eigenvalue weighted by Gasteiger charge is 2.32. The molecule has 0 radical (unpaired) electrons. The Hall–Kier alpha value is -2.88. The van der Waals surface area contributed by atoms with E-state index in [9.17, 15) is 26.7 Å². The van der Waals surface area contributed by atoms with Crippen molar-refractivity contribution in [3.05, 3.63) is 95.6 Å². The highest BCUT2D eigenvalue weighted by Crippen LogP contribution is 2.32. The van der Waals surface area contributed by atoms with Gasteiger partial charge in [-0.2, -0.15) is 13.2 Å². The number of aliphatic hydroxyl groups is 1. The first-order valence-corrected chi connectivity index (χ1v) is 11.7. The number of rotatable bonds is 9. The van der Waals surface area contributed by atoms with Crippen LogP contribution >= 0.6 is 0 Å². The Morgan fingerprint density at radius 1 is 0.848 bits per heavy atom. The van der Waals surface area contributed by atoms with Crippen LogP contribution in [0.25, 0.3) is 0 Å². The molecular formula is C24H25F3N2O3S. The molecule has 5 nitrogen and oxygen atoms in total. The predicted molar refractivity (Wildman–Crippen MR) is 121 cm³/mol. The predicted octanol–water partition coefficient (Wildman–Crippen LogP) is 4.53. The lowest BCUT2D eigenvalue weighted by molar-refractivity contribution is -0.137. The van der Waals surface area contributed by atoms with Gasteiger partial charge in [-0.3, -0.25) is 9.21 Å². The fraction of sp³-hybridized carbons (Fsp3) is 0.250. The highest BCUT2D eigenvalue weighted by molar-refractivity contribution is 7.92. The first kappa shape index (κ1) is 24.8. The summed E-state index contributed by atoms with van der Waals surface area (Å²) in [6.45, 7) is 0.382. The van der Waals surface area contributed by atoms with Crippen LogP contribution in [0.4, 0.5) is 18.9 Å². The molecule has 3 rings (SSSR count). The molecule has 0 amide bonds. The van der Waals surface area contributed by atoms with Crippen LogP contribution in [0.2, 0.25) is 0 Å². The number of para-hydroxylation sites is 1. The number of anilines is 1. The van der Waals surface area contributed by atoms with Gasteiger partial charge in [-0.25, -0.2) is 8.42 Å². The number of benzene rings is 3. The third-order valence-electron chi connectivity index (χ3n) is 5.07. The van der Waals surface area contributed by atoms with E-state index in [2.05, 4.69) is 0 Å².